The Kier molecular flexibility index (Phi) is 3.98. The lowest BCUT2D eigenvalue weighted by Gasteiger charge is -2.22. The van der Waals surface area contributed by atoms with Crippen LogP contribution in [0.5, 0.6) is 0 Å². The maximum atomic E-state index is 12.6. The zero-order chi connectivity index (χ0) is 15.6. The highest BCUT2D eigenvalue weighted by Gasteiger charge is 2.27. The van der Waals surface area contributed by atoms with Gasteiger partial charge in [0.1, 0.15) is 0 Å². The van der Waals surface area contributed by atoms with Gasteiger partial charge in [0, 0.05) is 24.2 Å². The smallest absolute Gasteiger partial charge is 0.253 e. The monoisotopic (exact) mass is 300 g/mol. The molecule has 3 rings (SSSR count). The van der Waals surface area contributed by atoms with Gasteiger partial charge in [-0.05, 0) is 38.3 Å². The van der Waals surface area contributed by atoms with E-state index in [9.17, 15) is 9.90 Å². The van der Waals surface area contributed by atoms with Gasteiger partial charge in [0.15, 0.2) is 12.2 Å². The number of oxazole rings is 1. The number of aromatic nitrogens is 1. The fourth-order valence-electron chi connectivity index (χ4n) is 2.78. The average Bonchev–Trinajstić information content (AvgIpc) is 2.98. The first-order valence-electron chi connectivity index (χ1n) is 7.56. The summed E-state index contributed by atoms with van der Waals surface area (Å²) in [4.78, 5) is 18.3. The maximum Gasteiger partial charge on any atom is 0.253 e. The van der Waals surface area contributed by atoms with E-state index in [4.69, 9.17) is 4.42 Å². The molecule has 1 amide bonds. The third-order valence-corrected chi connectivity index (χ3v) is 4.20. The quantitative estimate of drug-likeness (QED) is 0.926. The molecule has 0 saturated carbocycles. The Labute approximate surface area is 129 Å². The van der Waals surface area contributed by atoms with Crippen molar-refractivity contribution in [1.82, 2.24) is 9.88 Å². The lowest BCUT2D eigenvalue weighted by atomic mass is 9.98. The van der Waals surface area contributed by atoms with Crippen molar-refractivity contribution in [3.8, 4) is 11.3 Å². The molecular formula is C17H20N2O3. The van der Waals surface area contributed by atoms with Crippen LogP contribution in [0.3, 0.4) is 0 Å². The van der Waals surface area contributed by atoms with Gasteiger partial charge in [-0.25, -0.2) is 4.98 Å². The summed E-state index contributed by atoms with van der Waals surface area (Å²) in [5, 5.41) is 10.1. The zero-order valence-corrected chi connectivity index (χ0v) is 12.7. The van der Waals surface area contributed by atoms with Crippen LogP contribution in [0, 0.1) is 0 Å². The summed E-state index contributed by atoms with van der Waals surface area (Å²) in [7, 11) is 0. The molecule has 1 N–H and O–H groups in total. The number of rotatable bonds is 2. The number of nitrogens with zero attached hydrogens (tertiary/aromatic N) is 2. The molecule has 0 aliphatic carbocycles. The molecule has 0 spiro atoms. The minimum atomic E-state index is -0.662. The van der Waals surface area contributed by atoms with E-state index in [1.54, 1.807) is 6.20 Å². The second kappa shape index (κ2) is 5.93. The molecule has 1 unspecified atom stereocenters. The summed E-state index contributed by atoms with van der Waals surface area (Å²) in [5.74, 6) is 0.701. The van der Waals surface area contributed by atoms with Crippen LogP contribution in [-0.4, -0.2) is 39.6 Å². The summed E-state index contributed by atoms with van der Waals surface area (Å²) < 4.78 is 5.24. The van der Waals surface area contributed by atoms with Crippen molar-refractivity contribution in [3.63, 3.8) is 0 Å². The van der Waals surface area contributed by atoms with Crippen molar-refractivity contribution in [1.29, 1.82) is 0 Å². The second-order valence-electron chi connectivity index (χ2n) is 6.09. The van der Waals surface area contributed by atoms with E-state index in [-0.39, 0.29) is 5.91 Å². The van der Waals surface area contributed by atoms with Gasteiger partial charge in [-0.15, -0.1) is 0 Å². The first kappa shape index (κ1) is 14.8. The van der Waals surface area contributed by atoms with E-state index in [1.807, 2.05) is 36.1 Å². The Morgan fingerprint density at radius 1 is 1.27 bits per heavy atom. The molecule has 5 nitrogen and oxygen atoms in total. The molecule has 0 radical (unpaired) electrons. The van der Waals surface area contributed by atoms with E-state index in [0.29, 0.717) is 30.8 Å². The normalized spacial score (nSPS) is 22.4. The lowest BCUT2D eigenvalue weighted by Crippen LogP contribution is -2.33. The third-order valence-electron chi connectivity index (χ3n) is 4.20. The van der Waals surface area contributed by atoms with E-state index in [0.717, 1.165) is 18.4 Å². The molecule has 116 valence electrons. The van der Waals surface area contributed by atoms with Crippen LogP contribution in [0.25, 0.3) is 11.3 Å². The predicted octanol–water partition coefficient (Wildman–Crippen LogP) is 2.72. The van der Waals surface area contributed by atoms with Gasteiger partial charge in [-0.3, -0.25) is 4.79 Å². The SMILES string of the molecule is CC1(O)CCCN(C(=O)c2ccc(-c3cnco3)cc2)CC1. The number of amides is 1. The molecular weight excluding hydrogens is 280 g/mol. The molecule has 2 heterocycles. The Morgan fingerprint density at radius 2 is 2.05 bits per heavy atom. The summed E-state index contributed by atoms with van der Waals surface area (Å²) >= 11 is 0. The number of carbonyl (C=O) groups is 1. The molecule has 2 aromatic rings. The first-order valence-corrected chi connectivity index (χ1v) is 7.56. The van der Waals surface area contributed by atoms with Gasteiger partial charge in [-0.1, -0.05) is 12.1 Å². The van der Waals surface area contributed by atoms with Crippen LogP contribution in [0.2, 0.25) is 0 Å². The summed E-state index contributed by atoms with van der Waals surface area (Å²) in [6, 6.07) is 7.34. The molecule has 22 heavy (non-hydrogen) atoms. The van der Waals surface area contributed by atoms with E-state index >= 15 is 0 Å². The zero-order valence-electron chi connectivity index (χ0n) is 12.7. The summed E-state index contributed by atoms with van der Waals surface area (Å²) in [6.07, 6.45) is 5.22. The summed E-state index contributed by atoms with van der Waals surface area (Å²) in [5.41, 5.74) is 0.892. The van der Waals surface area contributed by atoms with Crippen LogP contribution in [-0.2, 0) is 0 Å². The minimum Gasteiger partial charge on any atom is -0.444 e. The highest BCUT2D eigenvalue weighted by atomic mass is 16.3. The molecule has 1 aromatic heterocycles. The molecule has 1 aromatic carbocycles. The topological polar surface area (TPSA) is 66.6 Å². The predicted molar refractivity (Wildman–Crippen MR) is 82.3 cm³/mol. The number of benzene rings is 1. The first-order chi connectivity index (χ1) is 10.6. The van der Waals surface area contributed by atoms with Crippen LogP contribution >= 0.6 is 0 Å². The summed E-state index contributed by atoms with van der Waals surface area (Å²) in [6.45, 7) is 3.13. The van der Waals surface area contributed by atoms with Crippen molar-refractivity contribution < 1.29 is 14.3 Å². The largest absolute Gasteiger partial charge is 0.444 e. The van der Waals surface area contributed by atoms with Crippen LogP contribution < -0.4 is 0 Å². The molecule has 5 heteroatoms. The number of aliphatic hydroxyl groups is 1. The van der Waals surface area contributed by atoms with Crippen molar-refractivity contribution in [3.05, 3.63) is 42.4 Å². The van der Waals surface area contributed by atoms with Gasteiger partial charge in [0.05, 0.1) is 11.8 Å². The van der Waals surface area contributed by atoms with Crippen LogP contribution in [0.4, 0.5) is 0 Å². The molecule has 1 aliphatic rings. The van der Waals surface area contributed by atoms with Crippen molar-refractivity contribution in [2.75, 3.05) is 13.1 Å². The van der Waals surface area contributed by atoms with E-state index < -0.39 is 5.60 Å². The van der Waals surface area contributed by atoms with E-state index in [2.05, 4.69) is 4.98 Å². The van der Waals surface area contributed by atoms with Crippen molar-refractivity contribution in [2.45, 2.75) is 31.8 Å². The lowest BCUT2D eigenvalue weighted by molar-refractivity contribution is 0.0438. The van der Waals surface area contributed by atoms with Crippen molar-refractivity contribution in [2.24, 2.45) is 0 Å². The number of hydrogen-bond acceptors (Lipinski definition) is 4. The average molecular weight is 300 g/mol. The van der Waals surface area contributed by atoms with Crippen LogP contribution in [0.1, 0.15) is 36.5 Å². The molecule has 1 atom stereocenters. The Morgan fingerprint density at radius 3 is 2.73 bits per heavy atom. The number of likely N-dealkylation sites (tertiary alicyclic amines) is 1. The molecule has 1 fully saturated rings. The molecule has 1 saturated heterocycles. The van der Waals surface area contributed by atoms with Gasteiger partial charge in [0.2, 0.25) is 0 Å². The number of carbonyl (C=O) groups excluding carboxylic acids is 1. The molecule has 1 aliphatic heterocycles. The minimum absolute atomic E-state index is 0.0156. The van der Waals surface area contributed by atoms with Gasteiger partial charge < -0.3 is 14.4 Å². The molecule has 0 bridgehead atoms. The fourth-order valence-corrected chi connectivity index (χ4v) is 2.78. The van der Waals surface area contributed by atoms with Gasteiger partial charge in [-0.2, -0.15) is 0 Å². The third kappa shape index (κ3) is 3.20. The second-order valence-corrected chi connectivity index (χ2v) is 6.09. The maximum absolute atomic E-state index is 12.6. The Bertz CT molecular complexity index is 632. The Hall–Kier alpha value is -2.14. The van der Waals surface area contributed by atoms with Crippen molar-refractivity contribution >= 4 is 5.91 Å². The Balaban J connectivity index is 1.72. The highest BCUT2D eigenvalue weighted by molar-refractivity contribution is 5.94. The van der Waals surface area contributed by atoms with E-state index in [1.165, 1.54) is 6.39 Å². The highest BCUT2D eigenvalue weighted by Crippen LogP contribution is 2.23. The standard InChI is InChI=1S/C17H20N2O3/c1-17(21)7-2-9-19(10-8-17)16(20)14-5-3-13(4-6-14)15-11-18-12-22-15/h3-6,11-12,21H,2,7-10H2,1H3. The fraction of sp³-hybridized carbons (Fsp3) is 0.412. The number of hydrogen-bond donors (Lipinski definition) is 1. The van der Waals surface area contributed by atoms with Crippen LogP contribution in [0.15, 0.2) is 41.3 Å². The van der Waals surface area contributed by atoms with Gasteiger partial charge >= 0.3 is 0 Å². The van der Waals surface area contributed by atoms with Gasteiger partial charge in [0.25, 0.3) is 5.91 Å².